The predicted octanol–water partition coefficient (Wildman–Crippen LogP) is 3.19. The van der Waals surface area contributed by atoms with E-state index < -0.39 is 0 Å². The van der Waals surface area contributed by atoms with E-state index in [0.29, 0.717) is 19.6 Å². The van der Waals surface area contributed by atoms with Crippen LogP contribution in [0.4, 0.5) is 0 Å². The van der Waals surface area contributed by atoms with Crippen molar-refractivity contribution < 1.29 is 19.1 Å². The second kappa shape index (κ2) is 7.58. The summed E-state index contributed by atoms with van der Waals surface area (Å²) in [5.74, 6) is 1.30. The van der Waals surface area contributed by atoms with Gasteiger partial charge in [-0.15, -0.1) is 0 Å². The second-order valence-corrected chi connectivity index (χ2v) is 8.77. The SMILES string of the molecule is O=C1CN(C(=O)C2CCCc3c2[nH]c2ccccc32)CCN1Cc1ccc2c(c1)OCO2. The second-order valence-electron chi connectivity index (χ2n) is 8.77. The van der Waals surface area contributed by atoms with Crippen LogP contribution in [-0.4, -0.2) is 53.0 Å². The van der Waals surface area contributed by atoms with Crippen LogP contribution in [0.1, 0.15) is 35.6 Å². The number of ether oxygens (including phenoxy) is 2. The molecule has 0 radical (unpaired) electrons. The highest BCUT2D eigenvalue weighted by atomic mass is 16.7. The van der Waals surface area contributed by atoms with Gasteiger partial charge in [-0.3, -0.25) is 9.59 Å². The normalized spacial score (nSPS) is 20.0. The molecule has 1 N–H and O–H groups in total. The number of hydrogen-bond donors (Lipinski definition) is 1. The Hall–Kier alpha value is -3.48. The molecule has 0 bridgehead atoms. The standard InChI is InChI=1S/C25H25N3O4/c29-23-14-28(11-10-27(23)13-16-8-9-21-22(12-16)32-15-31-21)25(30)19-6-3-5-18-17-4-1-2-7-20(17)26-24(18)19/h1-2,4,7-9,12,19,26H,3,5-6,10-11,13-15H2. The van der Waals surface area contributed by atoms with Crippen LogP contribution in [0, 0.1) is 0 Å². The van der Waals surface area contributed by atoms with Gasteiger partial charge in [-0.2, -0.15) is 0 Å². The van der Waals surface area contributed by atoms with Gasteiger partial charge in [0, 0.05) is 36.2 Å². The van der Waals surface area contributed by atoms with Gasteiger partial charge < -0.3 is 24.3 Å². The van der Waals surface area contributed by atoms with Crippen molar-refractivity contribution in [3.8, 4) is 11.5 Å². The van der Waals surface area contributed by atoms with Gasteiger partial charge in [0.15, 0.2) is 11.5 Å². The first kappa shape index (κ1) is 19.2. The number of piperazine rings is 1. The zero-order valence-electron chi connectivity index (χ0n) is 17.8. The summed E-state index contributed by atoms with van der Waals surface area (Å²) in [6.07, 6.45) is 2.80. The summed E-state index contributed by atoms with van der Waals surface area (Å²) in [7, 11) is 0. The van der Waals surface area contributed by atoms with E-state index >= 15 is 0 Å². The van der Waals surface area contributed by atoms with E-state index in [1.165, 1.54) is 10.9 Å². The number of carbonyl (C=O) groups is 2. The molecule has 0 spiro atoms. The van der Waals surface area contributed by atoms with Crippen molar-refractivity contribution in [1.82, 2.24) is 14.8 Å². The minimum atomic E-state index is -0.195. The summed E-state index contributed by atoms with van der Waals surface area (Å²) >= 11 is 0. The fourth-order valence-electron chi connectivity index (χ4n) is 5.21. The highest BCUT2D eigenvalue weighted by molar-refractivity contribution is 5.92. The molecule has 1 aliphatic carbocycles. The van der Waals surface area contributed by atoms with E-state index in [9.17, 15) is 9.59 Å². The first-order valence-corrected chi connectivity index (χ1v) is 11.2. The molecule has 0 saturated carbocycles. The fourth-order valence-corrected chi connectivity index (χ4v) is 5.21. The molecule has 3 aromatic rings. The zero-order chi connectivity index (χ0) is 21.7. The fraction of sp³-hybridized carbons (Fsp3) is 0.360. The van der Waals surface area contributed by atoms with Gasteiger partial charge in [-0.05, 0) is 48.6 Å². The number of nitrogens with one attached hydrogen (secondary N) is 1. The Morgan fingerprint density at radius 1 is 1.09 bits per heavy atom. The molecule has 1 aromatic heterocycles. The Balaban J connectivity index is 1.16. The average Bonchev–Trinajstić information content (AvgIpc) is 3.44. The quantitative estimate of drug-likeness (QED) is 0.691. The minimum absolute atomic E-state index is 0.0186. The number of nitrogens with zero attached hydrogens (tertiary/aromatic N) is 2. The van der Waals surface area contributed by atoms with Gasteiger partial charge in [0.05, 0.1) is 12.5 Å². The zero-order valence-corrected chi connectivity index (χ0v) is 17.8. The van der Waals surface area contributed by atoms with Crippen LogP contribution in [-0.2, 0) is 22.6 Å². The van der Waals surface area contributed by atoms with Crippen molar-refractivity contribution in [2.24, 2.45) is 0 Å². The lowest BCUT2D eigenvalue weighted by Crippen LogP contribution is -2.53. The molecule has 3 heterocycles. The summed E-state index contributed by atoms with van der Waals surface area (Å²) in [4.78, 5) is 33.4. The number of rotatable bonds is 3. The van der Waals surface area contributed by atoms with E-state index in [-0.39, 0.29) is 31.1 Å². The van der Waals surface area contributed by atoms with Crippen LogP contribution in [0.15, 0.2) is 42.5 Å². The van der Waals surface area contributed by atoms with Gasteiger partial charge >= 0.3 is 0 Å². The lowest BCUT2D eigenvalue weighted by Gasteiger charge is -2.36. The summed E-state index contributed by atoms with van der Waals surface area (Å²) in [6, 6.07) is 14.0. The maximum absolute atomic E-state index is 13.4. The number of H-pyrrole nitrogens is 1. The first-order valence-electron chi connectivity index (χ1n) is 11.2. The lowest BCUT2D eigenvalue weighted by molar-refractivity contribution is -0.146. The first-order chi connectivity index (χ1) is 15.7. The number of carbonyl (C=O) groups excluding carboxylic acids is 2. The number of aromatic amines is 1. The number of aromatic nitrogens is 1. The number of amides is 2. The van der Waals surface area contributed by atoms with Crippen molar-refractivity contribution in [2.75, 3.05) is 26.4 Å². The maximum Gasteiger partial charge on any atom is 0.242 e. The molecular formula is C25H25N3O4. The Morgan fingerprint density at radius 2 is 1.97 bits per heavy atom. The number of aryl methyl sites for hydroxylation is 1. The Bertz CT molecular complexity index is 1220. The van der Waals surface area contributed by atoms with E-state index in [1.807, 2.05) is 35.2 Å². The Morgan fingerprint density at radius 3 is 2.88 bits per heavy atom. The minimum Gasteiger partial charge on any atom is -0.454 e. The van der Waals surface area contributed by atoms with E-state index in [0.717, 1.165) is 47.5 Å². The predicted molar refractivity (Wildman–Crippen MR) is 119 cm³/mol. The van der Waals surface area contributed by atoms with Crippen LogP contribution in [0.25, 0.3) is 10.9 Å². The number of fused-ring (bicyclic) bond motifs is 4. The summed E-state index contributed by atoms with van der Waals surface area (Å²) in [6.45, 7) is 1.97. The molecule has 3 aliphatic rings. The molecule has 2 aromatic carbocycles. The van der Waals surface area contributed by atoms with Gasteiger partial charge in [-0.1, -0.05) is 24.3 Å². The largest absolute Gasteiger partial charge is 0.454 e. The van der Waals surface area contributed by atoms with Crippen molar-refractivity contribution in [3.05, 3.63) is 59.3 Å². The summed E-state index contributed by atoms with van der Waals surface area (Å²) in [5.41, 5.74) is 4.38. The molecule has 32 heavy (non-hydrogen) atoms. The lowest BCUT2D eigenvalue weighted by atomic mass is 9.85. The molecule has 7 nitrogen and oxygen atoms in total. The Labute approximate surface area is 185 Å². The van der Waals surface area contributed by atoms with Crippen molar-refractivity contribution in [3.63, 3.8) is 0 Å². The number of hydrogen-bond acceptors (Lipinski definition) is 4. The highest BCUT2D eigenvalue weighted by Crippen LogP contribution is 2.37. The Kier molecular flexibility index (Phi) is 4.56. The van der Waals surface area contributed by atoms with Crippen LogP contribution in [0.5, 0.6) is 11.5 Å². The third-order valence-electron chi connectivity index (χ3n) is 6.85. The van der Waals surface area contributed by atoms with Gasteiger partial charge in [0.2, 0.25) is 18.6 Å². The highest BCUT2D eigenvalue weighted by Gasteiger charge is 2.35. The molecule has 2 aliphatic heterocycles. The summed E-state index contributed by atoms with van der Waals surface area (Å²) < 4.78 is 10.8. The molecule has 1 fully saturated rings. The molecule has 7 heteroatoms. The average molecular weight is 431 g/mol. The van der Waals surface area contributed by atoms with Crippen molar-refractivity contribution in [1.29, 1.82) is 0 Å². The van der Waals surface area contributed by atoms with Crippen molar-refractivity contribution in [2.45, 2.75) is 31.7 Å². The molecule has 6 rings (SSSR count). The molecule has 2 amide bonds. The third-order valence-corrected chi connectivity index (χ3v) is 6.85. The number of para-hydroxylation sites is 1. The monoisotopic (exact) mass is 431 g/mol. The molecule has 1 atom stereocenters. The van der Waals surface area contributed by atoms with Crippen LogP contribution in [0.3, 0.4) is 0 Å². The van der Waals surface area contributed by atoms with Gasteiger partial charge in [0.25, 0.3) is 0 Å². The maximum atomic E-state index is 13.4. The van der Waals surface area contributed by atoms with Gasteiger partial charge in [0.1, 0.15) is 0 Å². The van der Waals surface area contributed by atoms with E-state index in [1.54, 1.807) is 4.90 Å². The van der Waals surface area contributed by atoms with Gasteiger partial charge in [-0.25, -0.2) is 0 Å². The topological polar surface area (TPSA) is 74.9 Å². The molecule has 1 unspecified atom stereocenters. The smallest absolute Gasteiger partial charge is 0.242 e. The van der Waals surface area contributed by atoms with E-state index in [4.69, 9.17) is 9.47 Å². The van der Waals surface area contributed by atoms with Crippen LogP contribution >= 0.6 is 0 Å². The molecular weight excluding hydrogens is 406 g/mol. The van der Waals surface area contributed by atoms with Crippen molar-refractivity contribution >= 4 is 22.7 Å². The summed E-state index contributed by atoms with van der Waals surface area (Å²) in [5, 5.41) is 1.21. The molecule has 1 saturated heterocycles. The van der Waals surface area contributed by atoms with Crippen LogP contribution < -0.4 is 9.47 Å². The number of benzene rings is 2. The molecule has 164 valence electrons. The van der Waals surface area contributed by atoms with Crippen LogP contribution in [0.2, 0.25) is 0 Å². The third kappa shape index (κ3) is 3.20. The van der Waals surface area contributed by atoms with E-state index in [2.05, 4.69) is 17.1 Å².